The Kier molecular flexibility index (Phi) is 3.16. The molecule has 0 spiro atoms. The van der Waals surface area contributed by atoms with Crippen molar-refractivity contribution in [2.75, 3.05) is 0 Å². The molecule has 23 heavy (non-hydrogen) atoms. The highest BCUT2D eigenvalue weighted by Gasteiger charge is 2.33. The van der Waals surface area contributed by atoms with Gasteiger partial charge in [0.1, 0.15) is 17.5 Å². The molecule has 112 valence electrons. The highest BCUT2D eigenvalue weighted by atomic mass is 16.4. The van der Waals surface area contributed by atoms with Gasteiger partial charge in [0.2, 0.25) is 0 Å². The first-order valence-corrected chi connectivity index (χ1v) is 7.07. The first kappa shape index (κ1) is 13.3. The standard InChI is InChI=1S/C16H12N6O/c23-19-14-13(11-7-3-1-4-8-11)17-16-18-20-21-22(16)15(14)12-9-5-2-6-10-12/h1-10,15,23H/b19-14-. The number of tetrazole rings is 1. The second kappa shape index (κ2) is 5.45. The van der Waals surface area contributed by atoms with Gasteiger partial charge >= 0.3 is 0 Å². The van der Waals surface area contributed by atoms with E-state index < -0.39 is 6.04 Å². The molecule has 1 atom stereocenters. The zero-order valence-corrected chi connectivity index (χ0v) is 12.0. The normalized spacial score (nSPS) is 18.5. The minimum absolute atomic E-state index is 0.380. The molecule has 0 aliphatic carbocycles. The van der Waals surface area contributed by atoms with Gasteiger partial charge in [-0.15, -0.1) is 0 Å². The van der Waals surface area contributed by atoms with E-state index in [0.29, 0.717) is 17.4 Å². The molecule has 0 radical (unpaired) electrons. The summed E-state index contributed by atoms with van der Waals surface area (Å²) in [5.41, 5.74) is 2.72. The lowest BCUT2D eigenvalue weighted by atomic mass is 9.94. The van der Waals surface area contributed by atoms with Crippen molar-refractivity contribution in [3.8, 4) is 0 Å². The van der Waals surface area contributed by atoms with Crippen LogP contribution in [0.5, 0.6) is 0 Å². The van der Waals surface area contributed by atoms with Crippen LogP contribution in [0.4, 0.5) is 5.95 Å². The van der Waals surface area contributed by atoms with Gasteiger partial charge in [0.05, 0.1) is 0 Å². The van der Waals surface area contributed by atoms with Crippen LogP contribution in [0.15, 0.2) is 70.8 Å². The molecule has 1 unspecified atom stereocenters. The Morgan fingerprint density at radius 1 is 0.957 bits per heavy atom. The molecule has 2 aromatic carbocycles. The van der Waals surface area contributed by atoms with Gasteiger partial charge in [-0.05, 0) is 16.0 Å². The molecular weight excluding hydrogens is 292 g/mol. The van der Waals surface area contributed by atoms with Crippen molar-refractivity contribution in [3.63, 3.8) is 0 Å². The molecule has 7 heteroatoms. The van der Waals surface area contributed by atoms with Gasteiger partial charge in [0.15, 0.2) is 0 Å². The minimum Gasteiger partial charge on any atom is -0.411 e. The Morgan fingerprint density at radius 3 is 2.35 bits per heavy atom. The Hall–Kier alpha value is -3.35. The maximum absolute atomic E-state index is 9.64. The largest absolute Gasteiger partial charge is 0.411 e. The van der Waals surface area contributed by atoms with Crippen LogP contribution >= 0.6 is 0 Å². The zero-order chi connectivity index (χ0) is 15.6. The summed E-state index contributed by atoms with van der Waals surface area (Å²) in [7, 11) is 0. The molecule has 2 heterocycles. The van der Waals surface area contributed by atoms with Gasteiger partial charge in [-0.25, -0.2) is 4.99 Å². The monoisotopic (exact) mass is 304 g/mol. The van der Waals surface area contributed by atoms with Gasteiger partial charge in [0.25, 0.3) is 5.95 Å². The Labute approximate surface area is 131 Å². The van der Waals surface area contributed by atoms with E-state index >= 15 is 0 Å². The van der Waals surface area contributed by atoms with Crippen LogP contribution in [-0.2, 0) is 0 Å². The van der Waals surface area contributed by atoms with Gasteiger partial charge in [-0.3, -0.25) is 0 Å². The van der Waals surface area contributed by atoms with Crippen LogP contribution in [0.1, 0.15) is 17.2 Å². The van der Waals surface area contributed by atoms with Crippen molar-refractivity contribution in [3.05, 3.63) is 71.8 Å². The van der Waals surface area contributed by atoms with Gasteiger partial charge in [0, 0.05) is 5.56 Å². The zero-order valence-electron chi connectivity index (χ0n) is 12.0. The highest BCUT2D eigenvalue weighted by Crippen LogP contribution is 2.29. The number of aliphatic imine (C=N–C) groups is 1. The highest BCUT2D eigenvalue weighted by molar-refractivity contribution is 6.50. The number of oxime groups is 1. The topological polar surface area (TPSA) is 88.6 Å². The summed E-state index contributed by atoms with van der Waals surface area (Å²) in [5, 5.41) is 24.8. The molecule has 0 bridgehead atoms. The van der Waals surface area contributed by atoms with Crippen molar-refractivity contribution in [2.45, 2.75) is 6.04 Å². The third-order valence-electron chi connectivity index (χ3n) is 3.70. The van der Waals surface area contributed by atoms with Crippen molar-refractivity contribution in [1.82, 2.24) is 20.2 Å². The fraction of sp³-hybridized carbons (Fsp3) is 0.0625. The van der Waals surface area contributed by atoms with Crippen molar-refractivity contribution >= 4 is 17.4 Å². The van der Waals surface area contributed by atoms with Crippen molar-refractivity contribution < 1.29 is 5.21 Å². The quantitative estimate of drug-likeness (QED) is 0.581. The maximum Gasteiger partial charge on any atom is 0.270 e. The molecule has 1 aromatic heterocycles. The average Bonchev–Trinajstić information content (AvgIpc) is 3.09. The van der Waals surface area contributed by atoms with Crippen molar-refractivity contribution in [1.29, 1.82) is 0 Å². The van der Waals surface area contributed by atoms with E-state index in [2.05, 4.69) is 25.7 Å². The summed E-state index contributed by atoms with van der Waals surface area (Å²) in [5.74, 6) is 0.380. The van der Waals surface area contributed by atoms with Crippen LogP contribution < -0.4 is 0 Å². The number of hydrogen-bond donors (Lipinski definition) is 1. The van der Waals surface area contributed by atoms with Crippen LogP contribution in [0.25, 0.3) is 0 Å². The number of fused-ring (bicyclic) bond motifs is 1. The van der Waals surface area contributed by atoms with Crippen LogP contribution in [0.3, 0.4) is 0 Å². The first-order valence-electron chi connectivity index (χ1n) is 7.07. The molecule has 0 saturated carbocycles. The molecule has 7 nitrogen and oxygen atoms in total. The van der Waals surface area contributed by atoms with Gasteiger partial charge in [-0.1, -0.05) is 70.9 Å². The number of aromatic nitrogens is 4. The average molecular weight is 304 g/mol. The second-order valence-electron chi connectivity index (χ2n) is 5.05. The van der Waals surface area contributed by atoms with Crippen LogP contribution in [0, 0.1) is 0 Å². The number of benzene rings is 2. The molecule has 0 amide bonds. The summed E-state index contributed by atoms with van der Waals surface area (Å²) in [6, 6.07) is 18.8. The first-order chi connectivity index (χ1) is 11.4. The molecule has 1 aliphatic rings. The summed E-state index contributed by atoms with van der Waals surface area (Å²) in [6.45, 7) is 0. The third-order valence-corrected chi connectivity index (χ3v) is 3.70. The predicted octanol–water partition coefficient (Wildman–Crippen LogP) is 2.23. The van der Waals surface area contributed by atoms with Crippen LogP contribution in [0.2, 0.25) is 0 Å². The summed E-state index contributed by atoms with van der Waals surface area (Å²) >= 11 is 0. The van der Waals surface area contributed by atoms with Crippen LogP contribution in [-0.4, -0.2) is 36.8 Å². The second-order valence-corrected chi connectivity index (χ2v) is 5.05. The molecule has 1 aliphatic heterocycles. The van der Waals surface area contributed by atoms with E-state index in [0.717, 1.165) is 11.1 Å². The molecule has 0 saturated heterocycles. The minimum atomic E-state index is -0.432. The SMILES string of the molecule is O/N=C1/C(c2ccccc2)=Nc2nnnn2C1c1ccccc1. The van der Waals surface area contributed by atoms with E-state index in [1.54, 1.807) is 4.68 Å². The lowest BCUT2D eigenvalue weighted by Gasteiger charge is -2.23. The van der Waals surface area contributed by atoms with Gasteiger partial charge in [-0.2, -0.15) is 4.68 Å². The van der Waals surface area contributed by atoms with Crippen molar-refractivity contribution in [2.24, 2.45) is 10.1 Å². The lowest BCUT2D eigenvalue weighted by molar-refractivity contribution is 0.316. The van der Waals surface area contributed by atoms with E-state index in [4.69, 9.17) is 0 Å². The summed E-state index contributed by atoms with van der Waals surface area (Å²) < 4.78 is 1.55. The summed E-state index contributed by atoms with van der Waals surface area (Å²) in [4.78, 5) is 4.46. The Balaban J connectivity index is 1.93. The van der Waals surface area contributed by atoms with E-state index in [-0.39, 0.29) is 0 Å². The molecule has 1 N–H and O–H groups in total. The van der Waals surface area contributed by atoms with E-state index in [1.807, 2.05) is 60.7 Å². The maximum atomic E-state index is 9.64. The fourth-order valence-corrected chi connectivity index (χ4v) is 2.68. The number of hydrogen-bond acceptors (Lipinski definition) is 6. The molecule has 0 fully saturated rings. The Morgan fingerprint density at radius 2 is 1.65 bits per heavy atom. The number of nitrogens with zero attached hydrogens (tertiary/aromatic N) is 6. The Bertz CT molecular complexity index is 885. The molecule has 3 aromatic rings. The lowest BCUT2D eigenvalue weighted by Crippen LogP contribution is -2.32. The summed E-state index contributed by atoms with van der Waals surface area (Å²) in [6.07, 6.45) is 0. The molecule has 4 rings (SSSR count). The predicted molar refractivity (Wildman–Crippen MR) is 84.3 cm³/mol. The van der Waals surface area contributed by atoms with E-state index in [1.165, 1.54) is 0 Å². The fourth-order valence-electron chi connectivity index (χ4n) is 2.68. The number of rotatable bonds is 2. The van der Waals surface area contributed by atoms with E-state index in [9.17, 15) is 5.21 Å². The van der Waals surface area contributed by atoms with Gasteiger partial charge < -0.3 is 5.21 Å². The third kappa shape index (κ3) is 2.18. The molecular formula is C16H12N6O. The smallest absolute Gasteiger partial charge is 0.270 e.